The third-order valence-electron chi connectivity index (χ3n) is 3.43. The minimum atomic E-state index is 0.444. The highest BCUT2D eigenvalue weighted by molar-refractivity contribution is 9.10. The summed E-state index contributed by atoms with van der Waals surface area (Å²) in [5.74, 6) is 1.94. The van der Waals surface area contributed by atoms with Gasteiger partial charge in [-0.3, -0.25) is 4.57 Å². The number of rotatable bonds is 1. The van der Waals surface area contributed by atoms with Crippen LogP contribution < -0.4 is 15.2 Å². The zero-order chi connectivity index (χ0) is 14.4. The lowest BCUT2D eigenvalue weighted by atomic mass is 10.2. The fourth-order valence-corrected chi connectivity index (χ4v) is 2.86. The fraction of sp³-hybridized carbons (Fsp3) is 0.133. The lowest BCUT2D eigenvalue weighted by Gasteiger charge is -2.19. The Labute approximate surface area is 129 Å². The van der Waals surface area contributed by atoms with Crippen molar-refractivity contribution in [1.29, 1.82) is 0 Å². The highest BCUT2D eigenvalue weighted by atomic mass is 79.9. The third kappa shape index (κ3) is 2.03. The number of nitrogens with zero attached hydrogens (tertiary/aromatic N) is 2. The predicted octanol–water partition coefficient (Wildman–Crippen LogP) is 3.14. The molecular weight excluding hydrogens is 334 g/mol. The molecule has 4 rings (SSSR count). The number of nitrogens with two attached hydrogens (primary N) is 1. The second-order valence-corrected chi connectivity index (χ2v) is 5.68. The summed E-state index contributed by atoms with van der Waals surface area (Å²) < 4.78 is 14.0. The van der Waals surface area contributed by atoms with E-state index in [4.69, 9.17) is 15.2 Å². The maximum atomic E-state index is 6.08. The van der Waals surface area contributed by atoms with E-state index in [0.717, 1.165) is 32.7 Å². The Balaban J connectivity index is 1.92. The van der Waals surface area contributed by atoms with Gasteiger partial charge in [0.25, 0.3) is 0 Å². The molecular formula is C15H12BrN3O2. The molecule has 106 valence electrons. The summed E-state index contributed by atoms with van der Waals surface area (Å²) in [5, 5.41) is 0. The smallest absolute Gasteiger partial charge is 0.205 e. The van der Waals surface area contributed by atoms with E-state index >= 15 is 0 Å². The van der Waals surface area contributed by atoms with Gasteiger partial charge < -0.3 is 15.2 Å². The SMILES string of the molecule is Nc1nc2cc(Br)ccc2n1-c1ccc2c(c1)OCCO2. The fourth-order valence-electron chi connectivity index (χ4n) is 2.51. The second-order valence-electron chi connectivity index (χ2n) is 4.77. The summed E-state index contributed by atoms with van der Waals surface area (Å²) in [7, 11) is 0. The van der Waals surface area contributed by atoms with Crippen LogP contribution in [0.15, 0.2) is 40.9 Å². The number of fused-ring (bicyclic) bond motifs is 2. The van der Waals surface area contributed by atoms with E-state index in [1.165, 1.54) is 0 Å². The van der Waals surface area contributed by atoms with Crippen molar-refractivity contribution in [3.05, 3.63) is 40.9 Å². The van der Waals surface area contributed by atoms with Crippen molar-refractivity contribution in [2.24, 2.45) is 0 Å². The lowest BCUT2D eigenvalue weighted by molar-refractivity contribution is 0.171. The molecule has 3 aromatic rings. The van der Waals surface area contributed by atoms with E-state index in [9.17, 15) is 0 Å². The first-order valence-electron chi connectivity index (χ1n) is 6.56. The standard InChI is InChI=1S/C15H12BrN3O2/c16-9-1-3-12-11(7-9)18-15(17)19(12)10-2-4-13-14(8-10)21-6-5-20-13/h1-4,7-8H,5-6H2,(H2,17,18). The topological polar surface area (TPSA) is 62.3 Å². The van der Waals surface area contributed by atoms with Crippen LogP contribution in [0.3, 0.4) is 0 Å². The number of nitrogen functional groups attached to an aromatic ring is 1. The van der Waals surface area contributed by atoms with E-state index in [2.05, 4.69) is 20.9 Å². The molecule has 2 heterocycles. The number of halogens is 1. The van der Waals surface area contributed by atoms with E-state index in [1.807, 2.05) is 41.0 Å². The van der Waals surface area contributed by atoms with Crippen LogP contribution in [0.1, 0.15) is 0 Å². The van der Waals surface area contributed by atoms with Crippen molar-refractivity contribution in [2.75, 3.05) is 18.9 Å². The van der Waals surface area contributed by atoms with E-state index in [0.29, 0.717) is 19.2 Å². The quantitative estimate of drug-likeness (QED) is 0.735. The lowest BCUT2D eigenvalue weighted by Crippen LogP contribution is -2.15. The number of anilines is 1. The average Bonchev–Trinajstić information content (AvgIpc) is 2.81. The van der Waals surface area contributed by atoms with Crippen LogP contribution in [-0.2, 0) is 0 Å². The normalized spacial score (nSPS) is 13.6. The largest absolute Gasteiger partial charge is 0.486 e. The van der Waals surface area contributed by atoms with Crippen LogP contribution in [0.4, 0.5) is 5.95 Å². The minimum Gasteiger partial charge on any atom is -0.486 e. The van der Waals surface area contributed by atoms with Gasteiger partial charge in [0.2, 0.25) is 5.95 Å². The van der Waals surface area contributed by atoms with Crippen LogP contribution in [-0.4, -0.2) is 22.8 Å². The van der Waals surface area contributed by atoms with Crippen LogP contribution in [0.2, 0.25) is 0 Å². The van der Waals surface area contributed by atoms with Gasteiger partial charge in [0.1, 0.15) is 13.2 Å². The molecule has 0 fully saturated rings. The number of hydrogen-bond donors (Lipinski definition) is 1. The molecule has 0 bridgehead atoms. The van der Waals surface area contributed by atoms with Gasteiger partial charge in [0.15, 0.2) is 11.5 Å². The maximum absolute atomic E-state index is 6.08. The van der Waals surface area contributed by atoms with Crippen molar-refractivity contribution < 1.29 is 9.47 Å². The summed E-state index contributed by atoms with van der Waals surface area (Å²) >= 11 is 3.45. The van der Waals surface area contributed by atoms with Gasteiger partial charge in [0.05, 0.1) is 16.7 Å². The number of hydrogen-bond acceptors (Lipinski definition) is 4. The summed E-state index contributed by atoms with van der Waals surface area (Å²) in [4.78, 5) is 4.40. The molecule has 2 aromatic carbocycles. The van der Waals surface area contributed by atoms with Gasteiger partial charge in [-0.25, -0.2) is 4.98 Å². The van der Waals surface area contributed by atoms with Gasteiger partial charge in [-0.05, 0) is 30.3 Å². The molecule has 1 aliphatic heterocycles. The number of aromatic nitrogens is 2. The molecule has 0 atom stereocenters. The molecule has 1 aromatic heterocycles. The van der Waals surface area contributed by atoms with Crippen molar-refractivity contribution in [2.45, 2.75) is 0 Å². The molecule has 6 heteroatoms. The zero-order valence-corrected chi connectivity index (χ0v) is 12.6. The van der Waals surface area contributed by atoms with Crippen LogP contribution in [0.5, 0.6) is 11.5 Å². The van der Waals surface area contributed by atoms with Gasteiger partial charge >= 0.3 is 0 Å². The molecule has 0 amide bonds. The van der Waals surface area contributed by atoms with Gasteiger partial charge in [0, 0.05) is 10.5 Å². The second kappa shape index (κ2) is 4.66. The van der Waals surface area contributed by atoms with Gasteiger partial charge in [-0.1, -0.05) is 15.9 Å². The molecule has 0 saturated heterocycles. The van der Waals surface area contributed by atoms with Crippen molar-refractivity contribution in [1.82, 2.24) is 9.55 Å². The number of benzene rings is 2. The molecule has 1 aliphatic rings. The monoisotopic (exact) mass is 345 g/mol. The summed E-state index contributed by atoms with van der Waals surface area (Å²) in [6.07, 6.45) is 0. The summed E-state index contributed by atoms with van der Waals surface area (Å²) in [5.41, 5.74) is 8.78. The number of ether oxygens (including phenoxy) is 2. The highest BCUT2D eigenvalue weighted by Crippen LogP contribution is 2.34. The van der Waals surface area contributed by atoms with E-state index in [1.54, 1.807) is 0 Å². The number of imidazole rings is 1. The summed E-state index contributed by atoms with van der Waals surface area (Å²) in [6.45, 7) is 1.14. The Morgan fingerprint density at radius 3 is 2.71 bits per heavy atom. The van der Waals surface area contributed by atoms with Crippen molar-refractivity contribution in [3.8, 4) is 17.2 Å². The first-order chi connectivity index (χ1) is 10.2. The van der Waals surface area contributed by atoms with Crippen LogP contribution >= 0.6 is 15.9 Å². The first kappa shape index (κ1) is 12.5. The molecule has 21 heavy (non-hydrogen) atoms. The van der Waals surface area contributed by atoms with Crippen molar-refractivity contribution >= 4 is 32.9 Å². The van der Waals surface area contributed by atoms with Gasteiger partial charge in [-0.15, -0.1) is 0 Å². The van der Waals surface area contributed by atoms with Crippen LogP contribution in [0, 0.1) is 0 Å². The van der Waals surface area contributed by atoms with E-state index in [-0.39, 0.29) is 0 Å². The molecule has 0 aliphatic carbocycles. The Morgan fingerprint density at radius 1 is 1.05 bits per heavy atom. The molecule has 0 saturated carbocycles. The minimum absolute atomic E-state index is 0.444. The average molecular weight is 346 g/mol. The van der Waals surface area contributed by atoms with Crippen LogP contribution in [0.25, 0.3) is 16.7 Å². The Morgan fingerprint density at radius 2 is 1.86 bits per heavy atom. The Bertz CT molecular complexity index is 844. The zero-order valence-electron chi connectivity index (χ0n) is 11.0. The molecule has 0 spiro atoms. The molecule has 0 radical (unpaired) electrons. The highest BCUT2D eigenvalue weighted by Gasteiger charge is 2.15. The van der Waals surface area contributed by atoms with E-state index < -0.39 is 0 Å². The first-order valence-corrected chi connectivity index (χ1v) is 7.35. The van der Waals surface area contributed by atoms with Crippen molar-refractivity contribution in [3.63, 3.8) is 0 Å². The summed E-state index contributed by atoms with van der Waals surface area (Å²) in [6, 6.07) is 11.7. The Kier molecular flexibility index (Phi) is 2.78. The molecule has 0 unspecified atom stereocenters. The molecule has 2 N–H and O–H groups in total. The Hall–Kier alpha value is -2.21. The third-order valence-corrected chi connectivity index (χ3v) is 3.92. The maximum Gasteiger partial charge on any atom is 0.205 e. The predicted molar refractivity (Wildman–Crippen MR) is 84.2 cm³/mol. The van der Waals surface area contributed by atoms with Gasteiger partial charge in [-0.2, -0.15) is 0 Å². The molecule has 5 nitrogen and oxygen atoms in total.